The molecule has 0 spiro atoms. The van der Waals surface area contributed by atoms with Crippen molar-refractivity contribution in [2.45, 2.75) is 38.0 Å². The summed E-state index contributed by atoms with van der Waals surface area (Å²) in [5, 5.41) is 13.4. The van der Waals surface area contributed by atoms with E-state index in [4.69, 9.17) is 5.11 Å². The van der Waals surface area contributed by atoms with Gasteiger partial charge in [0.25, 0.3) is 0 Å². The van der Waals surface area contributed by atoms with Crippen molar-refractivity contribution in [3.05, 3.63) is 53.9 Å². The van der Waals surface area contributed by atoms with Crippen molar-refractivity contribution in [3.8, 4) is 11.5 Å². The fraction of sp³-hybridized carbons (Fsp3) is 0.350. The number of nitrogens with one attached hydrogen (secondary N) is 2. The van der Waals surface area contributed by atoms with E-state index in [2.05, 4.69) is 19.8 Å². The number of alkyl halides is 6. The molecule has 0 unspecified atom stereocenters. The fourth-order valence-corrected chi connectivity index (χ4v) is 2.76. The topological polar surface area (TPSA) is 110 Å². The molecule has 14 heteroatoms. The molecule has 2 amide bonds. The van der Waals surface area contributed by atoms with Crippen molar-refractivity contribution in [2.75, 3.05) is 6.61 Å². The predicted octanol–water partition coefficient (Wildman–Crippen LogP) is 3.98. The van der Waals surface area contributed by atoms with Gasteiger partial charge in [0.15, 0.2) is 6.61 Å². The zero-order chi connectivity index (χ0) is 25.5. The van der Waals surface area contributed by atoms with Gasteiger partial charge in [-0.1, -0.05) is 18.2 Å². The number of rotatable bonds is 9. The number of ether oxygens (including phenoxy) is 2. The largest absolute Gasteiger partial charge is 0.573 e. The van der Waals surface area contributed by atoms with Gasteiger partial charge in [-0.25, -0.2) is 4.79 Å². The van der Waals surface area contributed by atoms with Gasteiger partial charge in [0.2, 0.25) is 5.91 Å². The van der Waals surface area contributed by atoms with E-state index >= 15 is 0 Å². The Bertz CT molecular complexity index is 982. The maximum absolute atomic E-state index is 12.7. The van der Waals surface area contributed by atoms with Crippen LogP contribution in [0.4, 0.5) is 31.1 Å². The van der Waals surface area contributed by atoms with Crippen molar-refractivity contribution in [3.63, 3.8) is 0 Å². The molecule has 1 aromatic heterocycles. The molecule has 2 rings (SSSR count). The number of benzene rings is 1. The highest BCUT2D eigenvalue weighted by molar-refractivity contribution is 5.85. The molecule has 2 aromatic rings. The number of carbonyl (C=O) groups excluding carboxylic acids is 1. The molecule has 34 heavy (non-hydrogen) atoms. The molecule has 1 aromatic carbocycles. The van der Waals surface area contributed by atoms with Crippen LogP contribution in [0.5, 0.6) is 11.5 Å². The Morgan fingerprint density at radius 3 is 2.29 bits per heavy atom. The van der Waals surface area contributed by atoms with Crippen LogP contribution in [0.15, 0.2) is 42.6 Å². The van der Waals surface area contributed by atoms with Gasteiger partial charge in [0, 0.05) is 6.42 Å². The van der Waals surface area contributed by atoms with Crippen LogP contribution in [0.25, 0.3) is 0 Å². The van der Waals surface area contributed by atoms with Crippen molar-refractivity contribution < 1.29 is 50.5 Å². The highest BCUT2D eigenvalue weighted by atomic mass is 19.4. The van der Waals surface area contributed by atoms with E-state index in [0.717, 1.165) is 12.3 Å². The molecule has 0 aliphatic heterocycles. The van der Waals surface area contributed by atoms with E-state index in [1.165, 1.54) is 37.3 Å². The summed E-state index contributed by atoms with van der Waals surface area (Å²) in [4.78, 5) is 27.7. The van der Waals surface area contributed by atoms with Crippen molar-refractivity contribution >= 4 is 12.0 Å². The SMILES string of the molecule is C[C@@H](NC(=O)[C@@H](Cc1ccccc1OC(F)(F)F)NC(=O)O)c1ccc(OCC(F)(F)F)cn1. The molecule has 0 bridgehead atoms. The molecule has 3 N–H and O–H groups in total. The maximum Gasteiger partial charge on any atom is 0.573 e. The summed E-state index contributed by atoms with van der Waals surface area (Å²) in [5.41, 5.74) is 0.133. The molecule has 0 saturated carbocycles. The Balaban J connectivity index is 2.10. The Morgan fingerprint density at radius 1 is 1.06 bits per heavy atom. The summed E-state index contributed by atoms with van der Waals surface area (Å²) >= 11 is 0. The molecule has 186 valence electrons. The number of hydrogen-bond acceptors (Lipinski definition) is 5. The quantitative estimate of drug-likeness (QED) is 0.454. The van der Waals surface area contributed by atoms with Crippen LogP contribution in [-0.4, -0.2) is 47.3 Å². The van der Waals surface area contributed by atoms with E-state index in [1.54, 1.807) is 0 Å². The van der Waals surface area contributed by atoms with Crippen LogP contribution >= 0.6 is 0 Å². The van der Waals surface area contributed by atoms with Gasteiger partial charge in [0.05, 0.1) is 17.9 Å². The predicted molar refractivity (Wildman–Crippen MR) is 104 cm³/mol. The number of halogens is 6. The van der Waals surface area contributed by atoms with E-state index in [9.17, 15) is 35.9 Å². The second-order valence-electron chi connectivity index (χ2n) is 6.91. The second kappa shape index (κ2) is 10.9. The molecule has 0 aliphatic carbocycles. The highest BCUT2D eigenvalue weighted by Gasteiger charge is 2.33. The first-order chi connectivity index (χ1) is 15.7. The smallest absolute Gasteiger partial charge is 0.483 e. The summed E-state index contributed by atoms with van der Waals surface area (Å²) in [6, 6.07) is 5.11. The Hall–Kier alpha value is -3.71. The molecule has 2 atom stereocenters. The van der Waals surface area contributed by atoms with Gasteiger partial charge in [0.1, 0.15) is 17.5 Å². The highest BCUT2D eigenvalue weighted by Crippen LogP contribution is 2.27. The van der Waals surface area contributed by atoms with Crippen LogP contribution < -0.4 is 20.1 Å². The lowest BCUT2D eigenvalue weighted by Gasteiger charge is -2.21. The lowest BCUT2D eigenvalue weighted by molar-refractivity contribution is -0.274. The van der Waals surface area contributed by atoms with Crippen LogP contribution in [0, 0.1) is 0 Å². The third-order valence-electron chi connectivity index (χ3n) is 4.20. The summed E-state index contributed by atoms with van der Waals surface area (Å²) in [6.07, 6.45) is -10.6. The fourth-order valence-electron chi connectivity index (χ4n) is 2.76. The number of hydrogen-bond donors (Lipinski definition) is 3. The van der Waals surface area contributed by atoms with E-state index < -0.39 is 55.4 Å². The summed E-state index contributed by atoms with van der Waals surface area (Å²) in [6.45, 7) is -0.0442. The lowest BCUT2D eigenvalue weighted by atomic mass is 10.0. The minimum absolute atomic E-state index is 0.0781. The van der Waals surface area contributed by atoms with E-state index in [-0.39, 0.29) is 17.0 Å². The standard InChI is InChI=1S/C20H19F6N3O5/c1-11(14-7-6-13(9-27-14)33-10-19(21,22)23)28-17(30)15(29-18(31)32)8-12-4-2-3-5-16(12)34-20(24,25)26/h2-7,9,11,15,29H,8,10H2,1H3,(H,28,30)(H,31,32)/t11-,15-/m1/s1. The number of para-hydroxylation sites is 1. The zero-order valence-electron chi connectivity index (χ0n) is 17.4. The van der Waals surface area contributed by atoms with Crippen molar-refractivity contribution in [2.24, 2.45) is 0 Å². The third kappa shape index (κ3) is 9.03. The lowest BCUT2D eigenvalue weighted by Crippen LogP contribution is -2.48. The van der Waals surface area contributed by atoms with Crippen LogP contribution in [0.2, 0.25) is 0 Å². The average Bonchev–Trinajstić information content (AvgIpc) is 2.71. The average molecular weight is 495 g/mol. The van der Waals surface area contributed by atoms with Crippen molar-refractivity contribution in [1.82, 2.24) is 15.6 Å². The summed E-state index contributed by atoms with van der Waals surface area (Å²) < 4.78 is 83.0. The van der Waals surface area contributed by atoms with Gasteiger partial charge in [-0.05, 0) is 30.7 Å². The molecular weight excluding hydrogens is 476 g/mol. The molecule has 1 heterocycles. The first kappa shape index (κ1) is 26.5. The second-order valence-corrected chi connectivity index (χ2v) is 6.91. The van der Waals surface area contributed by atoms with E-state index in [1.807, 2.05) is 5.32 Å². The monoisotopic (exact) mass is 495 g/mol. The number of amides is 2. The van der Waals surface area contributed by atoms with Crippen LogP contribution in [0.1, 0.15) is 24.2 Å². The summed E-state index contributed by atoms with van der Waals surface area (Å²) in [7, 11) is 0. The third-order valence-corrected chi connectivity index (χ3v) is 4.20. The van der Waals surface area contributed by atoms with Crippen LogP contribution in [-0.2, 0) is 11.2 Å². The number of nitrogens with zero attached hydrogens (tertiary/aromatic N) is 1. The molecule has 0 radical (unpaired) electrons. The first-order valence-electron chi connectivity index (χ1n) is 9.52. The molecular formula is C20H19F6N3O5. The van der Waals surface area contributed by atoms with Gasteiger partial charge in [-0.2, -0.15) is 13.2 Å². The maximum atomic E-state index is 12.7. The minimum atomic E-state index is -5.00. The van der Waals surface area contributed by atoms with Crippen LogP contribution in [0.3, 0.4) is 0 Å². The van der Waals surface area contributed by atoms with E-state index in [0.29, 0.717) is 0 Å². The Morgan fingerprint density at radius 2 is 1.74 bits per heavy atom. The number of pyridine rings is 1. The number of carbonyl (C=O) groups is 2. The normalized spacial score (nSPS) is 13.5. The molecule has 0 saturated heterocycles. The van der Waals surface area contributed by atoms with Gasteiger partial charge < -0.3 is 25.2 Å². The summed E-state index contributed by atoms with van der Waals surface area (Å²) in [5.74, 6) is -1.63. The van der Waals surface area contributed by atoms with Gasteiger partial charge in [-0.15, -0.1) is 13.2 Å². The Labute approximate surface area is 188 Å². The van der Waals surface area contributed by atoms with Gasteiger partial charge >= 0.3 is 18.6 Å². The number of aromatic nitrogens is 1. The minimum Gasteiger partial charge on any atom is -0.483 e. The zero-order valence-corrected chi connectivity index (χ0v) is 17.4. The van der Waals surface area contributed by atoms with Crippen molar-refractivity contribution in [1.29, 1.82) is 0 Å². The first-order valence-corrected chi connectivity index (χ1v) is 9.52. The molecule has 8 nitrogen and oxygen atoms in total. The number of carboxylic acid groups (broad SMARTS) is 1. The molecule has 0 fully saturated rings. The van der Waals surface area contributed by atoms with Gasteiger partial charge in [-0.3, -0.25) is 9.78 Å². The Kier molecular flexibility index (Phi) is 8.54. The molecule has 0 aliphatic rings.